The molecule has 3 rings (SSSR count). The third kappa shape index (κ3) is 4.67. The van der Waals surface area contributed by atoms with E-state index in [2.05, 4.69) is 20.5 Å². The first-order chi connectivity index (χ1) is 13.0. The molecule has 0 aliphatic heterocycles. The lowest BCUT2D eigenvalue weighted by Crippen LogP contribution is -2.14. The second kappa shape index (κ2) is 8.53. The van der Waals surface area contributed by atoms with Gasteiger partial charge in [-0.05, 0) is 32.9 Å². The lowest BCUT2D eigenvalue weighted by molar-refractivity contribution is -0.113. The third-order valence-electron chi connectivity index (χ3n) is 3.81. The molecule has 0 aliphatic carbocycles. The number of carbonyl (C=O) groups is 1. The first kappa shape index (κ1) is 19.4. The Kier molecular flexibility index (Phi) is 6.12. The van der Waals surface area contributed by atoms with E-state index in [1.54, 1.807) is 13.4 Å². The highest BCUT2D eigenvalue weighted by molar-refractivity contribution is 7.99. The molecule has 0 fully saturated rings. The van der Waals surface area contributed by atoms with E-state index >= 15 is 0 Å². The average molecular weight is 404 g/mol. The van der Waals surface area contributed by atoms with Crippen molar-refractivity contribution < 1.29 is 9.53 Å². The first-order valence-electron chi connectivity index (χ1n) is 8.40. The molecule has 0 aliphatic rings. The summed E-state index contributed by atoms with van der Waals surface area (Å²) in [5.41, 5.74) is 2.81. The minimum atomic E-state index is -0.129. The molecule has 1 amide bonds. The van der Waals surface area contributed by atoms with Crippen molar-refractivity contribution in [1.29, 1.82) is 0 Å². The van der Waals surface area contributed by atoms with Gasteiger partial charge in [0.05, 0.1) is 18.6 Å². The van der Waals surface area contributed by atoms with Crippen LogP contribution in [0.25, 0.3) is 11.3 Å². The van der Waals surface area contributed by atoms with E-state index < -0.39 is 0 Å². The molecule has 1 N–H and O–H groups in total. The normalized spacial score (nSPS) is 11.0. The molecular weight excluding hydrogens is 382 g/mol. The number of amides is 1. The average Bonchev–Trinajstić information content (AvgIpc) is 3.29. The van der Waals surface area contributed by atoms with E-state index in [1.807, 2.05) is 48.9 Å². The van der Waals surface area contributed by atoms with Gasteiger partial charge >= 0.3 is 0 Å². The molecule has 0 unspecified atom stereocenters. The van der Waals surface area contributed by atoms with Gasteiger partial charge in [-0.1, -0.05) is 23.4 Å². The molecule has 7 nitrogen and oxygen atoms in total. The minimum Gasteiger partial charge on any atom is -0.496 e. The summed E-state index contributed by atoms with van der Waals surface area (Å²) in [6.07, 6.45) is 1.67. The molecule has 2 heterocycles. The number of thioether (sulfide) groups is 1. The van der Waals surface area contributed by atoms with Crippen LogP contribution in [0.2, 0.25) is 0 Å². The number of nitrogens with zero attached hydrogens (tertiary/aromatic N) is 4. The lowest BCUT2D eigenvalue weighted by atomic mass is 10.1. The van der Waals surface area contributed by atoms with Gasteiger partial charge in [-0.25, -0.2) is 4.98 Å². The number of nitrogens with one attached hydrogen (secondary N) is 1. The molecule has 0 radical (unpaired) electrons. The van der Waals surface area contributed by atoms with Gasteiger partial charge in [-0.3, -0.25) is 4.79 Å². The number of benzene rings is 1. The quantitative estimate of drug-likeness (QED) is 0.600. The number of aryl methyl sites for hydroxylation is 1. The summed E-state index contributed by atoms with van der Waals surface area (Å²) < 4.78 is 7.35. The van der Waals surface area contributed by atoms with Crippen LogP contribution in [-0.4, -0.2) is 38.5 Å². The van der Waals surface area contributed by atoms with Crippen molar-refractivity contribution in [1.82, 2.24) is 19.7 Å². The molecule has 142 valence electrons. The maximum absolute atomic E-state index is 12.3. The van der Waals surface area contributed by atoms with E-state index in [1.165, 1.54) is 23.1 Å². The Morgan fingerprint density at radius 1 is 1.41 bits per heavy atom. The van der Waals surface area contributed by atoms with E-state index in [9.17, 15) is 4.79 Å². The Morgan fingerprint density at radius 2 is 2.22 bits per heavy atom. The van der Waals surface area contributed by atoms with Crippen LogP contribution in [0.1, 0.15) is 25.5 Å². The molecule has 2 aromatic heterocycles. The topological polar surface area (TPSA) is 81.9 Å². The molecule has 0 bridgehead atoms. The molecular formula is C18H21N5O2S2. The minimum absolute atomic E-state index is 0.129. The monoisotopic (exact) mass is 403 g/mol. The van der Waals surface area contributed by atoms with Crippen LogP contribution in [0, 0.1) is 6.92 Å². The smallest absolute Gasteiger partial charge is 0.236 e. The fraction of sp³-hybridized carbons (Fsp3) is 0.333. The Balaban J connectivity index is 1.65. The lowest BCUT2D eigenvalue weighted by Gasteiger charge is -2.09. The van der Waals surface area contributed by atoms with E-state index in [0.717, 1.165) is 27.7 Å². The number of carbonyl (C=O) groups excluding carboxylic acids is 1. The fourth-order valence-corrected chi connectivity index (χ4v) is 4.02. The standard InChI is InChI=1S/C18H21N5O2S2/c1-11(2)23-10-19-22-18(23)27-9-16(24)21-17-20-14(8-26-17)13-7-12(3)5-6-15(13)25-4/h5-8,10-11H,9H2,1-4H3,(H,20,21,24). The van der Waals surface area contributed by atoms with Crippen LogP contribution in [0.3, 0.4) is 0 Å². The number of ether oxygens (including phenoxy) is 1. The van der Waals surface area contributed by atoms with Crippen LogP contribution < -0.4 is 10.1 Å². The Morgan fingerprint density at radius 3 is 2.96 bits per heavy atom. The van der Waals surface area contributed by atoms with Crippen molar-refractivity contribution in [3.8, 4) is 17.0 Å². The van der Waals surface area contributed by atoms with Gasteiger partial charge in [-0.15, -0.1) is 21.5 Å². The predicted octanol–water partition coefficient (Wildman–Crippen LogP) is 4.03. The van der Waals surface area contributed by atoms with Crippen LogP contribution >= 0.6 is 23.1 Å². The highest BCUT2D eigenvalue weighted by Gasteiger charge is 2.14. The van der Waals surface area contributed by atoms with Crippen molar-refractivity contribution in [3.05, 3.63) is 35.5 Å². The Bertz CT molecular complexity index is 935. The van der Waals surface area contributed by atoms with Crippen LogP contribution in [0.4, 0.5) is 5.13 Å². The summed E-state index contributed by atoms with van der Waals surface area (Å²) in [7, 11) is 1.64. The van der Waals surface area contributed by atoms with Crippen LogP contribution in [-0.2, 0) is 4.79 Å². The number of hydrogen-bond acceptors (Lipinski definition) is 7. The van der Waals surface area contributed by atoms with E-state index in [-0.39, 0.29) is 17.7 Å². The van der Waals surface area contributed by atoms with Crippen LogP contribution in [0.5, 0.6) is 5.75 Å². The number of methoxy groups -OCH3 is 1. The van der Waals surface area contributed by atoms with Gasteiger partial charge in [-0.2, -0.15) is 0 Å². The summed E-state index contributed by atoms with van der Waals surface area (Å²) in [5, 5.41) is 14.0. The van der Waals surface area contributed by atoms with E-state index in [4.69, 9.17) is 4.74 Å². The van der Waals surface area contributed by atoms with Gasteiger partial charge in [0.15, 0.2) is 10.3 Å². The zero-order chi connectivity index (χ0) is 19.4. The molecule has 0 saturated carbocycles. The van der Waals surface area contributed by atoms with Crippen molar-refractivity contribution >= 4 is 34.1 Å². The van der Waals surface area contributed by atoms with Crippen LogP contribution in [0.15, 0.2) is 35.1 Å². The van der Waals surface area contributed by atoms with Gasteiger partial charge in [0.25, 0.3) is 0 Å². The van der Waals surface area contributed by atoms with Gasteiger partial charge in [0, 0.05) is 17.0 Å². The first-order valence-corrected chi connectivity index (χ1v) is 10.3. The highest BCUT2D eigenvalue weighted by Crippen LogP contribution is 2.33. The number of aromatic nitrogens is 4. The summed E-state index contributed by atoms with van der Waals surface area (Å²) in [4.78, 5) is 16.8. The second-order valence-corrected chi connectivity index (χ2v) is 7.99. The van der Waals surface area contributed by atoms with Crippen molar-refractivity contribution in [2.24, 2.45) is 0 Å². The number of hydrogen-bond donors (Lipinski definition) is 1. The van der Waals surface area contributed by atoms with Gasteiger partial charge in [0.2, 0.25) is 5.91 Å². The number of anilines is 1. The molecule has 3 aromatic rings. The molecule has 0 spiro atoms. The van der Waals surface area contributed by atoms with Crippen molar-refractivity contribution in [2.45, 2.75) is 32.0 Å². The molecule has 1 aromatic carbocycles. The molecule has 9 heteroatoms. The summed E-state index contributed by atoms with van der Waals surface area (Å²) in [5.74, 6) is 0.872. The zero-order valence-corrected chi connectivity index (χ0v) is 17.2. The summed E-state index contributed by atoms with van der Waals surface area (Å²) in [6, 6.07) is 6.18. The largest absolute Gasteiger partial charge is 0.496 e. The Hall–Kier alpha value is -2.39. The predicted molar refractivity (Wildman–Crippen MR) is 109 cm³/mol. The summed E-state index contributed by atoms with van der Waals surface area (Å²) in [6.45, 7) is 6.11. The van der Waals surface area contributed by atoms with E-state index in [0.29, 0.717) is 5.13 Å². The van der Waals surface area contributed by atoms with Crippen molar-refractivity contribution in [2.75, 3.05) is 18.2 Å². The number of thiazole rings is 1. The molecule has 0 saturated heterocycles. The zero-order valence-electron chi connectivity index (χ0n) is 15.6. The van der Waals surface area contributed by atoms with Crippen molar-refractivity contribution in [3.63, 3.8) is 0 Å². The number of rotatable bonds is 7. The maximum atomic E-state index is 12.3. The Labute approximate surface area is 166 Å². The highest BCUT2D eigenvalue weighted by atomic mass is 32.2. The second-order valence-electron chi connectivity index (χ2n) is 6.19. The van der Waals surface area contributed by atoms with Gasteiger partial charge < -0.3 is 14.6 Å². The molecule has 0 atom stereocenters. The third-order valence-corrected chi connectivity index (χ3v) is 5.53. The SMILES string of the molecule is COc1ccc(C)cc1-c1csc(NC(=O)CSc2nncn2C(C)C)n1. The summed E-state index contributed by atoms with van der Waals surface area (Å²) >= 11 is 2.74. The fourth-order valence-electron chi connectivity index (χ4n) is 2.45. The van der Waals surface area contributed by atoms with Gasteiger partial charge in [0.1, 0.15) is 12.1 Å². The molecule has 27 heavy (non-hydrogen) atoms. The maximum Gasteiger partial charge on any atom is 0.236 e.